The molecule has 1 saturated heterocycles. The highest BCUT2D eigenvalue weighted by Gasteiger charge is 2.23. The molecule has 1 fully saturated rings. The van der Waals surface area contributed by atoms with Crippen LogP contribution < -0.4 is 4.90 Å². The summed E-state index contributed by atoms with van der Waals surface area (Å²) in [6.45, 7) is 3.21. The first-order valence-electron chi connectivity index (χ1n) is 8.35. The van der Waals surface area contributed by atoms with Crippen LogP contribution in [0.4, 0.5) is 5.82 Å². The van der Waals surface area contributed by atoms with Crippen LogP contribution >= 0.6 is 11.6 Å². The fourth-order valence-electron chi connectivity index (χ4n) is 3.45. The number of halogens is 1. The number of nitrogens with zero attached hydrogens (tertiary/aromatic N) is 4. The van der Waals surface area contributed by atoms with Gasteiger partial charge < -0.3 is 9.80 Å². The minimum Gasteiger partial charge on any atom is -0.351 e. The number of likely N-dealkylation sites (tertiary alicyclic amines) is 1. The monoisotopic (exact) mass is 342 g/mol. The zero-order chi connectivity index (χ0) is 16.5. The summed E-state index contributed by atoms with van der Waals surface area (Å²) in [4.78, 5) is 25.4. The molecule has 0 N–H and O–H groups in total. The number of benzene rings is 1. The number of amides is 1. The van der Waals surface area contributed by atoms with Gasteiger partial charge in [-0.2, -0.15) is 0 Å². The first-order chi connectivity index (χ1) is 11.7. The van der Waals surface area contributed by atoms with Gasteiger partial charge >= 0.3 is 0 Å². The maximum absolute atomic E-state index is 12.5. The zero-order valence-electron chi connectivity index (χ0n) is 13.4. The third-order valence-electron chi connectivity index (χ3n) is 4.77. The number of rotatable bonds is 2. The van der Waals surface area contributed by atoms with E-state index in [0.29, 0.717) is 5.69 Å². The highest BCUT2D eigenvalue weighted by molar-refractivity contribution is 6.31. The van der Waals surface area contributed by atoms with Crippen molar-refractivity contribution in [1.82, 2.24) is 14.9 Å². The quantitative estimate of drug-likeness (QED) is 0.842. The molecule has 24 heavy (non-hydrogen) atoms. The number of hydrogen-bond acceptors (Lipinski definition) is 4. The Balaban J connectivity index is 1.57. The van der Waals surface area contributed by atoms with Crippen LogP contribution in [-0.4, -0.2) is 40.4 Å². The molecule has 0 aliphatic carbocycles. The van der Waals surface area contributed by atoms with E-state index in [1.807, 2.05) is 17.0 Å². The minimum atomic E-state index is -0.0118. The molecule has 0 saturated carbocycles. The lowest BCUT2D eigenvalue weighted by Crippen LogP contribution is -2.33. The molecule has 0 radical (unpaired) electrons. The van der Waals surface area contributed by atoms with E-state index in [-0.39, 0.29) is 5.91 Å². The van der Waals surface area contributed by atoms with Gasteiger partial charge in [0.25, 0.3) is 5.91 Å². The summed E-state index contributed by atoms with van der Waals surface area (Å²) < 4.78 is 0. The predicted molar refractivity (Wildman–Crippen MR) is 93.4 cm³/mol. The lowest BCUT2D eigenvalue weighted by molar-refractivity contribution is 0.0786. The third kappa shape index (κ3) is 2.84. The van der Waals surface area contributed by atoms with Crippen molar-refractivity contribution in [3.8, 4) is 0 Å². The lowest BCUT2D eigenvalue weighted by Gasteiger charge is -2.30. The van der Waals surface area contributed by atoms with Gasteiger partial charge in [-0.1, -0.05) is 23.7 Å². The summed E-state index contributed by atoms with van der Waals surface area (Å²) in [7, 11) is 0. The van der Waals surface area contributed by atoms with Gasteiger partial charge in [0.15, 0.2) is 0 Å². The van der Waals surface area contributed by atoms with E-state index in [1.54, 1.807) is 12.4 Å². The van der Waals surface area contributed by atoms with Gasteiger partial charge in [-0.3, -0.25) is 9.78 Å². The second kappa shape index (κ2) is 6.40. The summed E-state index contributed by atoms with van der Waals surface area (Å²) in [6, 6.07) is 6.01. The van der Waals surface area contributed by atoms with Crippen LogP contribution in [-0.2, 0) is 13.0 Å². The molecule has 2 aliphatic heterocycles. The number of anilines is 1. The smallest absolute Gasteiger partial charge is 0.274 e. The molecule has 1 aromatic carbocycles. The molecule has 4 rings (SSSR count). The first kappa shape index (κ1) is 15.4. The Kier molecular flexibility index (Phi) is 4.10. The van der Waals surface area contributed by atoms with E-state index < -0.39 is 0 Å². The Labute approximate surface area is 146 Å². The molecule has 1 amide bonds. The average molecular weight is 343 g/mol. The highest BCUT2D eigenvalue weighted by Crippen LogP contribution is 2.28. The summed E-state index contributed by atoms with van der Waals surface area (Å²) >= 11 is 6.28. The Bertz CT molecular complexity index is 773. The van der Waals surface area contributed by atoms with Gasteiger partial charge in [0.1, 0.15) is 11.5 Å². The van der Waals surface area contributed by atoms with Gasteiger partial charge in [-0.05, 0) is 36.5 Å². The zero-order valence-corrected chi connectivity index (χ0v) is 14.2. The largest absolute Gasteiger partial charge is 0.351 e. The van der Waals surface area contributed by atoms with E-state index in [1.165, 1.54) is 11.1 Å². The Morgan fingerprint density at radius 1 is 1.12 bits per heavy atom. The fourth-order valence-corrected chi connectivity index (χ4v) is 3.74. The fraction of sp³-hybridized carbons (Fsp3) is 0.389. The molecule has 2 aromatic rings. The molecular formula is C18H19ClN4O. The molecule has 124 valence electrons. The van der Waals surface area contributed by atoms with Crippen molar-refractivity contribution in [3.63, 3.8) is 0 Å². The average Bonchev–Trinajstić information content (AvgIpc) is 3.16. The van der Waals surface area contributed by atoms with E-state index in [4.69, 9.17) is 11.6 Å². The first-order valence-corrected chi connectivity index (χ1v) is 8.73. The predicted octanol–water partition coefficient (Wildman–Crippen LogP) is 2.93. The molecule has 0 bridgehead atoms. The van der Waals surface area contributed by atoms with Crippen LogP contribution in [0.3, 0.4) is 0 Å². The van der Waals surface area contributed by atoms with Gasteiger partial charge in [0.2, 0.25) is 0 Å². The van der Waals surface area contributed by atoms with Gasteiger partial charge in [0.05, 0.1) is 12.4 Å². The van der Waals surface area contributed by atoms with Gasteiger partial charge in [0, 0.05) is 31.2 Å². The van der Waals surface area contributed by atoms with Gasteiger partial charge in [-0.15, -0.1) is 0 Å². The molecule has 1 aromatic heterocycles. The summed E-state index contributed by atoms with van der Waals surface area (Å²) in [6.07, 6.45) is 6.32. The number of fused-ring (bicyclic) bond motifs is 1. The topological polar surface area (TPSA) is 49.3 Å². The maximum Gasteiger partial charge on any atom is 0.274 e. The van der Waals surface area contributed by atoms with Crippen LogP contribution in [0.15, 0.2) is 30.6 Å². The summed E-state index contributed by atoms with van der Waals surface area (Å²) in [5.41, 5.74) is 2.87. The third-order valence-corrected chi connectivity index (χ3v) is 5.12. The van der Waals surface area contributed by atoms with E-state index >= 15 is 0 Å². The molecular weight excluding hydrogens is 324 g/mol. The van der Waals surface area contributed by atoms with Crippen molar-refractivity contribution >= 4 is 23.3 Å². The van der Waals surface area contributed by atoms with Crippen molar-refractivity contribution in [3.05, 3.63) is 52.4 Å². The van der Waals surface area contributed by atoms with E-state index in [2.05, 4.69) is 20.9 Å². The van der Waals surface area contributed by atoms with Gasteiger partial charge in [-0.25, -0.2) is 4.98 Å². The van der Waals surface area contributed by atoms with Crippen molar-refractivity contribution in [1.29, 1.82) is 0 Å². The molecule has 5 nitrogen and oxygen atoms in total. The summed E-state index contributed by atoms with van der Waals surface area (Å²) in [5, 5.41) is 0.830. The summed E-state index contributed by atoms with van der Waals surface area (Å²) in [5.74, 6) is 0.743. The van der Waals surface area contributed by atoms with Crippen molar-refractivity contribution < 1.29 is 4.79 Å². The van der Waals surface area contributed by atoms with E-state index in [9.17, 15) is 4.79 Å². The molecule has 0 spiro atoms. The van der Waals surface area contributed by atoms with Crippen molar-refractivity contribution in [2.24, 2.45) is 0 Å². The minimum absolute atomic E-state index is 0.0118. The van der Waals surface area contributed by atoms with Crippen molar-refractivity contribution in [2.75, 3.05) is 24.5 Å². The van der Waals surface area contributed by atoms with Crippen LogP contribution in [0.2, 0.25) is 5.02 Å². The van der Waals surface area contributed by atoms with Crippen LogP contribution in [0.25, 0.3) is 0 Å². The maximum atomic E-state index is 12.5. The normalized spacial score (nSPS) is 17.0. The standard InChI is InChI=1S/C18H19ClN4O/c19-15-5-3-4-13-12-23(9-6-14(13)15)17-11-20-10-16(21-17)18(24)22-7-1-2-8-22/h3-5,10-11H,1-2,6-9,12H2. The van der Waals surface area contributed by atoms with Crippen LogP contribution in [0, 0.1) is 0 Å². The number of hydrogen-bond donors (Lipinski definition) is 0. The molecule has 0 atom stereocenters. The van der Waals surface area contributed by atoms with Crippen LogP contribution in [0.1, 0.15) is 34.5 Å². The second-order valence-corrected chi connectivity index (χ2v) is 6.72. The Morgan fingerprint density at radius 3 is 2.79 bits per heavy atom. The SMILES string of the molecule is O=C(c1cncc(N2CCc3c(Cl)cccc3C2)n1)N1CCCC1. The molecule has 0 unspecified atom stereocenters. The highest BCUT2D eigenvalue weighted by atomic mass is 35.5. The Morgan fingerprint density at radius 2 is 1.96 bits per heavy atom. The van der Waals surface area contributed by atoms with E-state index in [0.717, 1.165) is 56.3 Å². The molecule has 2 aliphatic rings. The lowest BCUT2D eigenvalue weighted by atomic mass is 10.00. The van der Waals surface area contributed by atoms with Crippen LogP contribution in [0.5, 0.6) is 0 Å². The molecule has 3 heterocycles. The number of carbonyl (C=O) groups excluding carboxylic acids is 1. The number of aromatic nitrogens is 2. The number of carbonyl (C=O) groups is 1. The second-order valence-electron chi connectivity index (χ2n) is 6.31. The Hall–Kier alpha value is -2.14. The molecule has 6 heteroatoms. The van der Waals surface area contributed by atoms with Crippen molar-refractivity contribution in [2.45, 2.75) is 25.8 Å².